The highest BCUT2D eigenvalue weighted by molar-refractivity contribution is 9.10. The lowest BCUT2D eigenvalue weighted by molar-refractivity contribution is -0.141. The van der Waals surface area contributed by atoms with E-state index in [0.717, 1.165) is 6.07 Å². The summed E-state index contributed by atoms with van der Waals surface area (Å²) in [6.07, 6.45) is -4.87. The Morgan fingerprint density at radius 3 is 2.42 bits per heavy atom. The van der Waals surface area contributed by atoms with Gasteiger partial charge in [0.1, 0.15) is 5.69 Å². The first-order valence-electron chi connectivity index (χ1n) is 7.12. The molecule has 1 aromatic heterocycles. The smallest absolute Gasteiger partial charge is 0.433 e. The van der Waals surface area contributed by atoms with Crippen LogP contribution >= 0.6 is 15.9 Å². The fourth-order valence-corrected chi connectivity index (χ4v) is 3.09. The number of nitrogens with zero attached hydrogens (tertiary/aromatic N) is 2. The summed E-state index contributed by atoms with van der Waals surface area (Å²) < 4.78 is 38.2. The zero-order chi connectivity index (χ0) is 18.1. The number of carbonyl (C=O) groups excluding carboxylic acids is 1. The Morgan fingerprint density at radius 1 is 1.38 bits per heavy atom. The maximum atomic E-state index is 12.7. The van der Waals surface area contributed by atoms with E-state index in [9.17, 15) is 22.8 Å². The molecule has 10 heteroatoms. The van der Waals surface area contributed by atoms with Crippen LogP contribution in [0.3, 0.4) is 0 Å². The average molecular weight is 410 g/mol. The zero-order valence-corrected chi connectivity index (χ0v) is 14.2. The van der Waals surface area contributed by atoms with Crippen LogP contribution in [0.4, 0.5) is 23.7 Å². The Hall–Kier alpha value is -1.84. The quantitative estimate of drug-likeness (QED) is 0.782. The van der Waals surface area contributed by atoms with Crippen LogP contribution in [0.5, 0.6) is 0 Å². The largest absolute Gasteiger partial charge is 0.465 e. The molecular formula is C14H15BrF3N3O3. The molecule has 0 aliphatic carbocycles. The molecule has 1 fully saturated rings. The van der Waals surface area contributed by atoms with Crippen molar-refractivity contribution in [1.82, 2.24) is 9.88 Å². The van der Waals surface area contributed by atoms with E-state index in [1.165, 1.54) is 11.8 Å². The van der Waals surface area contributed by atoms with Crippen molar-refractivity contribution in [2.75, 3.05) is 18.4 Å². The fraction of sp³-hybridized carbons (Fsp3) is 0.500. The lowest BCUT2D eigenvalue weighted by Gasteiger charge is -2.29. The first-order chi connectivity index (χ1) is 11.1. The molecule has 6 nitrogen and oxygen atoms in total. The van der Waals surface area contributed by atoms with Crippen molar-refractivity contribution in [3.8, 4) is 0 Å². The van der Waals surface area contributed by atoms with E-state index in [4.69, 9.17) is 5.11 Å². The van der Waals surface area contributed by atoms with Crippen LogP contribution in [-0.4, -0.2) is 40.1 Å². The predicted molar refractivity (Wildman–Crippen MR) is 82.6 cm³/mol. The van der Waals surface area contributed by atoms with Gasteiger partial charge in [0.25, 0.3) is 0 Å². The van der Waals surface area contributed by atoms with Gasteiger partial charge in [0.15, 0.2) is 0 Å². The second kappa shape index (κ2) is 6.96. The van der Waals surface area contributed by atoms with E-state index in [1.807, 2.05) is 0 Å². The third-order valence-corrected chi connectivity index (χ3v) is 4.45. The number of aryl methyl sites for hydroxylation is 1. The van der Waals surface area contributed by atoms with Crippen molar-refractivity contribution >= 4 is 33.6 Å². The minimum atomic E-state index is -4.57. The zero-order valence-electron chi connectivity index (χ0n) is 12.7. The molecule has 0 unspecified atom stereocenters. The summed E-state index contributed by atoms with van der Waals surface area (Å²) in [6, 6.07) is 0.815. The molecular weight excluding hydrogens is 395 g/mol. The number of carboxylic acid groups (broad SMARTS) is 1. The number of likely N-dealkylation sites (tertiary alicyclic amines) is 1. The Morgan fingerprint density at radius 2 is 1.96 bits per heavy atom. The minimum Gasteiger partial charge on any atom is -0.465 e. The van der Waals surface area contributed by atoms with Gasteiger partial charge in [0, 0.05) is 23.5 Å². The number of nitrogens with one attached hydrogen (secondary N) is 1. The molecule has 0 bridgehead atoms. The van der Waals surface area contributed by atoms with Crippen LogP contribution in [0, 0.1) is 12.8 Å². The Balaban J connectivity index is 2.09. The molecule has 0 aromatic carbocycles. The number of anilines is 1. The van der Waals surface area contributed by atoms with Gasteiger partial charge in [-0.3, -0.25) is 4.79 Å². The van der Waals surface area contributed by atoms with Gasteiger partial charge in [-0.2, -0.15) is 13.2 Å². The normalized spacial score (nSPS) is 16.1. The summed E-state index contributed by atoms with van der Waals surface area (Å²) in [5, 5.41) is 11.5. The fourth-order valence-electron chi connectivity index (χ4n) is 2.49. The van der Waals surface area contributed by atoms with E-state index >= 15 is 0 Å². The maximum absolute atomic E-state index is 12.7. The van der Waals surface area contributed by atoms with Crippen molar-refractivity contribution in [2.45, 2.75) is 25.9 Å². The number of piperidine rings is 1. The number of amides is 2. The number of halogens is 4. The predicted octanol–water partition coefficient (Wildman–Crippen LogP) is 3.50. The number of aromatic nitrogens is 1. The van der Waals surface area contributed by atoms with Gasteiger partial charge >= 0.3 is 12.3 Å². The first-order valence-corrected chi connectivity index (χ1v) is 7.92. The summed E-state index contributed by atoms with van der Waals surface area (Å²) in [7, 11) is 0. The number of pyridine rings is 1. The summed E-state index contributed by atoms with van der Waals surface area (Å²) in [5.41, 5.74) is -0.804. The number of alkyl halides is 3. The van der Waals surface area contributed by atoms with Crippen LogP contribution < -0.4 is 5.32 Å². The van der Waals surface area contributed by atoms with Crippen molar-refractivity contribution in [3.05, 3.63) is 21.9 Å². The molecule has 2 amide bonds. The van der Waals surface area contributed by atoms with Crippen LogP contribution in [-0.2, 0) is 11.0 Å². The van der Waals surface area contributed by atoms with Crippen LogP contribution in [0.25, 0.3) is 0 Å². The second-order valence-electron chi connectivity index (χ2n) is 5.48. The van der Waals surface area contributed by atoms with E-state index in [0.29, 0.717) is 12.8 Å². The lowest BCUT2D eigenvalue weighted by atomic mass is 9.96. The standard InChI is InChI=1S/C14H15BrF3N3O3/c1-7-11(9(15)6-10(19-7)14(16,17)18)20-12(22)8-2-4-21(5-3-8)13(23)24/h6,8H,2-5H2,1H3,(H,20,22)(H,23,24). The monoisotopic (exact) mass is 409 g/mol. The lowest BCUT2D eigenvalue weighted by Crippen LogP contribution is -2.40. The van der Waals surface area contributed by atoms with Crippen molar-refractivity contribution < 1.29 is 27.9 Å². The molecule has 0 atom stereocenters. The molecule has 1 aliphatic rings. The molecule has 1 aliphatic heterocycles. The Kier molecular flexibility index (Phi) is 5.36. The molecule has 0 spiro atoms. The summed E-state index contributed by atoms with van der Waals surface area (Å²) in [5.74, 6) is -0.750. The molecule has 132 valence electrons. The van der Waals surface area contributed by atoms with Crippen molar-refractivity contribution in [1.29, 1.82) is 0 Å². The van der Waals surface area contributed by atoms with Gasteiger partial charge in [0.2, 0.25) is 5.91 Å². The SMILES string of the molecule is Cc1nc(C(F)(F)F)cc(Br)c1NC(=O)C1CCN(C(=O)O)CC1. The van der Waals surface area contributed by atoms with Crippen LogP contribution in [0.15, 0.2) is 10.5 Å². The van der Waals surface area contributed by atoms with Gasteiger partial charge in [-0.1, -0.05) is 0 Å². The third-order valence-electron chi connectivity index (χ3n) is 3.83. The van der Waals surface area contributed by atoms with Crippen LogP contribution in [0.2, 0.25) is 0 Å². The van der Waals surface area contributed by atoms with E-state index < -0.39 is 23.9 Å². The number of rotatable bonds is 2. The Labute approximate surface area is 144 Å². The number of carbonyl (C=O) groups is 2. The average Bonchev–Trinajstić information content (AvgIpc) is 2.49. The highest BCUT2D eigenvalue weighted by atomic mass is 79.9. The van der Waals surface area contributed by atoms with Gasteiger partial charge in [-0.05, 0) is 41.8 Å². The number of hydrogen-bond acceptors (Lipinski definition) is 3. The maximum Gasteiger partial charge on any atom is 0.433 e. The summed E-state index contributed by atoms with van der Waals surface area (Å²) in [4.78, 5) is 27.8. The third kappa shape index (κ3) is 4.16. The molecule has 2 N–H and O–H groups in total. The Bertz CT molecular complexity index is 635. The molecule has 0 radical (unpaired) electrons. The van der Waals surface area contributed by atoms with E-state index in [1.54, 1.807) is 0 Å². The van der Waals surface area contributed by atoms with Gasteiger partial charge < -0.3 is 15.3 Å². The minimum absolute atomic E-state index is 0.0491. The van der Waals surface area contributed by atoms with Gasteiger partial charge in [-0.25, -0.2) is 9.78 Å². The highest BCUT2D eigenvalue weighted by Crippen LogP contribution is 2.34. The second-order valence-corrected chi connectivity index (χ2v) is 6.33. The van der Waals surface area contributed by atoms with Crippen molar-refractivity contribution in [2.24, 2.45) is 5.92 Å². The molecule has 2 rings (SSSR count). The summed E-state index contributed by atoms with van der Waals surface area (Å²) >= 11 is 3.03. The van der Waals surface area contributed by atoms with Gasteiger partial charge in [0.05, 0.1) is 11.4 Å². The molecule has 1 saturated heterocycles. The van der Waals surface area contributed by atoms with E-state index in [-0.39, 0.29) is 34.9 Å². The highest BCUT2D eigenvalue weighted by Gasteiger charge is 2.34. The molecule has 2 heterocycles. The van der Waals surface area contributed by atoms with E-state index in [2.05, 4.69) is 26.2 Å². The molecule has 1 aromatic rings. The number of hydrogen-bond donors (Lipinski definition) is 2. The van der Waals surface area contributed by atoms with Crippen LogP contribution in [0.1, 0.15) is 24.2 Å². The van der Waals surface area contributed by atoms with Crippen molar-refractivity contribution in [3.63, 3.8) is 0 Å². The summed E-state index contributed by atoms with van der Waals surface area (Å²) in [6.45, 7) is 1.88. The molecule has 0 saturated carbocycles. The first kappa shape index (κ1) is 18.5. The topological polar surface area (TPSA) is 82.5 Å². The van der Waals surface area contributed by atoms with Gasteiger partial charge in [-0.15, -0.1) is 0 Å². The molecule has 24 heavy (non-hydrogen) atoms.